The predicted molar refractivity (Wildman–Crippen MR) is 47.9 cm³/mol. The third kappa shape index (κ3) is 6.89. The number of nitrogens with one attached hydrogen (secondary N) is 1. The van der Waals surface area contributed by atoms with Crippen LogP contribution < -0.4 is 5.48 Å². The highest BCUT2D eigenvalue weighted by Gasteiger charge is 2.14. The molecule has 1 unspecified atom stereocenters. The van der Waals surface area contributed by atoms with Crippen molar-refractivity contribution in [3.05, 3.63) is 0 Å². The maximum Gasteiger partial charge on any atom is 0.323 e. The summed E-state index contributed by atoms with van der Waals surface area (Å²) in [4.78, 5) is 10.2. The molecular formula is C5H13MgNO3S. The van der Waals surface area contributed by atoms with Gasteiger partial charge in [-0.3, -0.25) is 4.79 Å². The van der Waals surface area contributed by atoms with Crippen molar-refractivity contribution in [2.24, 2.45) is 0 Å². The molecule has 0 saturated carbocycles. The Kier molecular flexibility index (Phi) is 11.0. The molecule has 0 amide bonds. The van der Waals surface area contributed by atoms with Gasteiger partial charge in [0, 0.05) is 0 Å². The zero-order chi connectivity index (χ0) is 7.98. The standard InChI is InChI=1S/C5H11NO3S.Mg.2H/c1-10-3-2-4(6-9)5(7)8;;;/h4,6,9H,2-3H2,1H3,(H,7,8);;;. The molecule has 0 radical (unpaired) electrons. The molecule has 0 fully saturated rings. The minimum absolute atomic E-state index is 0. The fourth-order valence-corrected chi connectivity index (χ4v) is 0.950. The number of hydroxylamine groups is 1. The van der Waals surface area contributed by atoms with Gasteiger partial charge in [0.25, 0.3) is 0 Å². The molecule has 4 nitrogen and oxygen atoms in total. The quantitative estimate of drug-likeness (QED) is 0.394. The summed E-state index contributed by atoms with van der Waals surface area (Å²) >= 11 is 1.55. The van der Waals surface area contributed by atoms with Crippen molar-refractivity contribution in [3.63, 3.8) is 0 Å². The second-order valence-electron chi connectivity index (χ2n) is 1.80. The highest BCUT2D eigenvalue weighted by atomic mass is 32.2. The summed E-state index contributed by atoms with van der Waals surface area (Å²) in [6.45, 7) is 0. The SMILES string of the molecule is CSCCC(NO)C(=O)O.[MgH2]. The lowest BCUT2D eigenvalue weighted by atomic mass is 10.2. The average molecular weight is 192 g/mol. The van der Waals surface area contributed by atoms with E-state index in [1.807, 2.05) is 6.26 Å². The highest BCUT2D eigenvalue weighted by Crippen LogP contribution is 1.99. The number of aliphatic carboxylic acids is 1. The van der Waals surface area contributed by atoms with Crippen LogP contribution >= 0.6 is 11.8 Å². The number of rotatable bonds is 5. The molecule has 0 rings (SSSR count). The van der Waals surface area contributed by atoms with Gasteiger partial charge >= 0.3 is 29.0 Å². The van der Waals surface area contributed by atoms with E-state index in [0.717, 1.165) is 5.75 Å². The van der Waals surface area contributed by atoms with Crippen molar-refractivity contribution in [3.8, 4) is 0 Å². The van der Waals surface area contributed by atoms with Gasteiger partial charge in [-0.2, -0.15) is 17.2 Å². The fraction of sp³-hybridized carbons (Fsp3) is 0.800. The molecule has 1 atom stereocenters. The summed E-state index contributed by atoms with van der Waals surface area (Å²) < 4.78 is 0. The van der Waals surface area contributed by atoms with Gasteiger partial charge in [-0.15, -0.1) is 0 Å². The number of carboxylic acids is 1. The number of hydrogen-bond acceptors (Lipinski definition) is 4. The summed E-state index contributed by atoms with van der Waals surface area (Å²) in [6.07, 6.45) is 2.32. The summed E-state index contributed by atoms with van der Waals surface area (Å²) in [7, 11) is 0. The van der Waals surface area contributed by atoms with E-state index in [-0.39, 0.29) is 23.1 Å². The monoisotopic (exact) mass is 191 g/mol. The third-order valence-corrected chi connectivity index (χ3v) is 1.71. The molecule has 0 heterocycles. The van der Waals surface area contributed by atoms with Crippen LogP contribution in [-0.4, -0.2) is 57.4 Å². The number of hydrogen-bond donors (Lipinski definition) is 3. The van der Waals surface area contributed by atoms with E-state index in [4.69, 9.17) is 10.3 Å². The smallest absolute Gasteiger partial charge is 0.323 e. The number of carbonyl (C=O) groups is 1. The van der Waals surface area contributed by atoms with Gasteiger partial charge in [0.2, 0.25) is 0 Å². The van der Waals surface area contributed by atoms with Gasteiger partial charge in [0.15, 0.2) is 0 Å². The van der Waals surface area contributed by atoms with Crippen molar-refractivity contribution in [2.75, 3.05) is 12.0 Å². The van der Waals surface area contributed by atoms with Gasteiger partial charge in [-0.05, 0) is 18.4 Å². The molecule has 0 aromatic carbocycles. The molecule has 0 aromatic rings. The van der Waals surface area contributed by atoms with Crippen LogP contribution in [0.4, 0.5) is 0 Å². The van der Waals surface area contributed by atoms with E-state index in [0.29, 0.717) is 6.42 Å². The first-order valence-corrected chi connectivity index (χ1v) is 4.23. The van der Waals surface area contributed by atoms with Crippen LogP contribution in [0.5, 0.6) is 0 Å². The fourth-order valence-electron chi connectivity index (χ4n) is 0.479. The second-order valence-corrected chi connectivity index (χ2v) is 2.79. The van der Waals surface area contributed by atoms with Gasteiger partial charge in [-0.1, -0.05) is 0 Å². The third-order valence-electron chi connectivity index (χ3n) is 1.06. The predicted octanol–water partition coefficient (Wildman–Crippen LogP) is -0.745. The topological polar surface area (TPSA) is 69.6 Å². The summed E-state index contributed by atoms with van der Waals surface area (Å²) in [5.41, 5.74) is 1.72. The first-order valence-electron chi connectivity index (χ1n) is 2.83. The van der Waals surface area contributed by atoms with Crippen LogP contribution in [0.3, 0.4) is 0 Å². The Morgan fingerprint density at radius 2 is 2.27 bits per heavy atom. The van der Waals surface area contributed by atoms with Crippen molar-refractivity contribution < 1.29 is 15.1 Å². The van der Waals surface area contributed by atoms with E-state index in [1.54, 1.807) is 17.2 Å². The van der Waals surface area contributed by atoms with Crippen molar-refractivity contribution >= 4 is 40.8 Å². The molecule has 6 heteroatoms. The van der Waals surface area contributed by atoms with Crippen LogP contribution in [0.25, 0.3) is 0 Å². The van der Waals surface area contributed by atoms with Crippen LogP contribution in [0.2, 0.25) is 0 Å². The Labute approximate surface area is 85.8 Å². The molecule has 0 aliphatic heterocycles. The van der Waals surface area contributed by atoms with E-state index in [9.17, 15) is 4.79 Å². The second kappa shape index (κ2) is 8.60. The Morgan fingerprint density at radius 1 is 1.73 bits per heavy atom. The van der Waals surface area contributed by atoms with Gasteiger partial charge in [0.1, 0.15) is 6.04 Å². The van der Waals surface area contributed by atoms with E-state index >= 15 is 0 Å². The highest BCUT2D eigenvalue weighted by molar-refractivity contribution is 7.98. The molecule has 3 N–H and O–H groups in total. The largest absolute Gasteiger partial charge is 0.480 e. The zero-order valence-electron chi connectivity index (χ0n) is 5.70. The summed E-state index contributed by atoms with van der Waals surface area (Å²) in [5.74, 6) is -0.290. The van der Waals surface area contributed by atoms with Crippen molar-refractivity contribution in [2.45, 2.75) is 12.5 Å². The van der Waals surface area contributed by atoms with Crippen molar-refractivity contribution in [1.29, 1.82) is 0 Å². The molecule has 0 saturated heterocycles. The number of carboxylic acid groups (broad SMARTS) is 1. The summed E-state index contributed by atoms with van der Waals surface area (Å²) in [5, 5.41) is 16.7. The maximum absolute atomic E-state index is 10.2. The molecule has 0 aromatic heterocycles. The lowest BCUT2D eigenvalue weighted by Gasteiger charge is -2.07. The Morgan fingerprint density at radius 3 is 2.55 bits per heavy atom. The normalized spacial score (nSPS) is 11.8. The first kappa shape index (κ1) is 14.1. The van der Waals surface area contributed by atoms with Gasteiger partial charge in [0.05, 0.1) is 0 Å². The maximum atomic E-state index is 10.2. The molecule has 0 aliphatic carbocycles. The van der Waals surface area contributed by atoms with E-state index in [1.165, 1.54) is 0 Å². The van der Waals surface area contributed by atoms with E-state index < -0.39 is 12.0 Å². The molecule has 11 heavy (non-hydrogen) atoms. The average Bonchev–Trinajstić information content (AvgIpc) is 1.89. The first-order chi connectivity index (χ1) is 4.72. The minimum atomic E-state index is -1.02. The lowest BCUT2D eigenvalue weighted by Crippen LogP contribution is -2.34. The minimum Gasteiger partial charge on any atom is -0.480 e. The van der Waals surface area contributed by atoms with Crippen LogP contribution in [0.1, 0.15) is 6.42 Å². The Hall–Kier alpha value is 0.506. The van der Waals surface area contributed by atoms with Crippen LogP contribution in [-0.2, 0) is 4.79 Å². The van der Waals surface area contributed by atoms with Crippen LogP contribution in [0, 0.1) is 0 Å². The molecular weight excluding hydrogens is 178 g/mol. The van der Waals surface area contributed by atoms with Crippen LogP contribution in [0.15, 0.2) is 0 Å². The lowest BCUT2D eigenvalue weighted by molar-refractivity contribution is -0.142. The molecule has 64 valence electrons. The Balaban J connectivity index is 0. The van der Waals surface area contributed by atoms with Crippen molar-refractivity contribution in [1.82, 2.24) is 5.48 Å². The van der Waals surface area contributed by atoms with E-state index in [2.05, 4.69) is 0 Å². The van der Waals surface area contributed by atoms with Gasteiger partial charge < -0.3 is 10.3 Å². The number of thioether (sulfide) groups is 1. The Bertz CT molecular complexity index is 114. The summed E-state index contributed by atoms with van der Waals surface area (Å²) in [6, 6.07) is -0.826. The zero-order valence-corrected chi connectivity index (χ0v) is 6.52. The molecule has 0 bridgehead atoms. The molecule has 0 aliphatic rings. The van der Waals surface area contributed by atoms with Gasteiger partial charge in [-0.25, -0.2) is 0 Å². The molecule has 0 spiro atoms.